The van der Waals surface area contributed by atoms with Gasteiger partial charge in [-0.1, -0.05) is 19.9 Å². The Bertz CT molecular complexity index is 400. The number of carbonyl (C=O) groups excluding carboxylic acids is 2. The largest absolute Gasteiger partial charge is 0.329 e. The number of nitrogens with one attached hydrogen (secondary N) is 2. The van der Waals surface area contributed by atoms with E-state index in [1.165, 1.54) is 0 Å². The third kappa shape index (κ3) is 3.08. The molecule has 1 rings (SSSR count). The molecule has 2 N–H and O–H groups in total. The van der Waals surface area contributed by atoms with Crippen molar-refractivity contribution in [3.8, 4) is 0 Å². The molecule has 0 fully saturated rings. The Morgan fingerprint density at radius 1 is 1.38 bits per heavy atom. The number of benzene rings is 1. The van der Waals surface area contributed by atoms with Gasteiger partial charge < -0.3 is 10.6 Å². The number of carbonyl (C=O) groups is 2. The zero-order valence-corrected chi connectivity index (χ0v) is 9.70. The topological polar surface area (TPSA) is 58.2 Å². The fourth-order valence-electron chi connectivity index (χ4n) is 1.19. The third-order valence-corrected chi connectivity index (χ3v) is 2.25. The molecule has 4 nitrogen and oxygen atoms in total. The van der Waals surface area contributed by atoms with Crippen molar-refractivity contribution < 1.29 is 9.59 Å². The molecule has 0 radical (unpaired) electrons. The smallest absolute Gasteiger partial charge is 0.226 e. The van der Waals surface area contributed by atoms with Crippen LogP contribution in [0.15, 0.2) is 18.2 Å². The van der Waals surface area contributed by atoms with Crippen molar-refractivity contribution in [3.63, 3.8) is 0 Å². The normalized spacial score (nSPS) is 10.0. The van der Waals surface area contributed by atoms with Gasteiger partial charge in [-0.25, -0.2) is 0 Å². The van der Waals surface area contributed by atoms with Crippen LogP contribution in [0.3, 0.4) is 0 Å². The SMILES string of the molecule is Cc1ccc(NC=O)cc1NC(=O)C(C)C. The first kappa shape index (κ1) is 12.2. The predicted molar refractivity (Wildman–Crippen MR) is 64.3 cm³/mol. The molecule has 0 spiro atoms. The Hall–Kier alpha value is -1.84. The van der Waals surface area contributed by atoms with Crippen molar-refractivity contribution >= 4 is 23.7 Å². The first-order valence-electron chi connectivity index (χ1n) is 5.16. The summed E-state index contributed by atoms with van der Waals surface area (Å²) in [5.74, 6) is -0.103. The minimum atomic E-state index is -0.0675. The van der Waals surface area contributed by atoms with Gasteiger partial charge in [0.1, 0.15) is 0 Å². The third-order valence-electron chi connectivity index (χ3n) is 2.25. The van der Waals surface area contributed by atoms with Crippen molar-refractivity contribution in [2.75, 3.05) is 10.6 Å². The lowest BCUT2D eigenvalue weighted by Gasteiger charge is -2.11. The molecule has 16 heavy (non-hydrogen) atoms. The summed E-state index contributed by atoms with van der Waals surface area (Å²) in [7, 11) is 0. The average molecular weight is 220 g/mol. The van der Waals surface area contributed by atoms with Gasteiger partial charge in [0.05, 0.1) is 0 Å². The Morgan fingerprint density at radius 3 is 2.62 bits per heavy atom. The monoisotopic (exact) mass is 220 g/mol. The number of hydrogen-bond donors (Lipinski definition) is 2. The fraction of sp³-hybridized carbons (Fsp3) is 0.333. The summed E-state index contributed by atoms with van der Waals surface area (Å²) in [6.07, 6.45) is 0.610. The Balaban J connectivity index is 2.89. The number of rotatable bonds is 4. The van der Waals surface area contributed by atoms with E-state index >= 15 is 0 Å². The highest BCUT2D eigenvalue weighted by molar-refractivity contribution is 5.93. The lowest BCUT2D eigenvalue weighted by Crippen LogP contribution is -2.18. The predicted octanol–water partition coefficient (Wildman–Crippen LogP) is 2.16. The van der Waals surface area contributed by atoms with Crippen LogP contribution in [0.4, 0.5) is 11.4 Å². The van der Waals surface area contributed by atoms with Crippen molar-refractivity contribution in [1.82, 2.24) is 0 Å². The second-order valence-corrected chi connectivity index (χ2v) is 3.94. The fourth-order valence-corrected chi connectivity index (χ4v) is 1.19. The van der Waals surface area contributed by atoms with E-state index in [0.717, 1.165) is 11.3 Å². The van der Waals surface area contributed by atoms with Crippen LogP contribution in [0.25, 0.3) is 0 Å². The molecule has 4 heteroatoms. The molecule has 0 atom stereocenters. The zero-order chi connectivity index (χ0) is 12.1. The van der Waals surface area contributed by atoms with E-state index in [4.69, 9.17) is 0 Å². The van der Waals surface area contributed by atoms with Crippen LogP contribution >= 0.6 is 0 Å². The van der Waals surface area contributed by atoms with Crippen LogP contribution in [0.5, 0.6) is 0 Å². The maximum atomic E-state index is 11.5. The van der Waals surface area contributed by atoms with Crippen LogP contribution in [0, 0.1) is 12.8 Å². The highest BCUT2D eigenvalue weighted by Gasteiger charge is 2.08. The number of anilines is 2. The van der Waals surface area contributed by atoms with E-state index in [0.29, 0.717) is 12.1 Å². The van der Waals surface area contributed by atoms with Crippen LogP contribution < -0.4 is 10.6 Å². The Morgan fingerprint density at radius 2 is 2.06 bits per heavy atom. The molecule has 86 valence electrons. The minimum absolute atomic E-state index is 0.0358. The van der Waals surface area contributed by atoms with Gasteiger partial charge in [-0.2, -0.15) is 0 Å². The van der Waals surface area contributed by atoms with E-state index in [-0.39, 0.29) is 11.8 Å². The molecule has 0 unspecified atom stereocenters. The van der Waals surface area contributed by atoms with Gasteiger partial charge in [0.2, 0.25) is 12.3 Å². The van der Waals surface area contributed by atoms with Crippen molar-refractivity contribution in [3.05, 3.63) is 23.8 Å². The molecule has 0 heterocycles. The number of amides is 2. The lowest BCUT2D eigenvalue weighted by molar-refractivity contribution is -0.118. The Labute approximate surface area is 95.0 Å². The molecule has 0 aliphatic heterocycles. The summed E-state index contributed by atoms with van der Waals surface area (Å²) in [5, 5.41) is 5.36. The van der Waals surface area contributed by atoms with Gasteiger partial charge >= 0.3 is 0 Å². The van der Waals surface area contributed by atoms with Crippen LogP contribution in [0.1, 0.15) is 19.4 Å². The van der Waals surface area contributed by atoms with Gasteiger partial charge in [0.15, 0.2) is 0 Å². The lowest BCUT2D eigenvalue weighted by atomic mass is 10.1. The summed E-state index contributed by atoms with van der Waals surface area (Å²) < 4.78 is 0. The second-order valence-electron chi connectivity index (χ2n) is 3.94. The van der Waals surface area contributed by atoms with Crippen LogP contribution in [-0.4, -0.2) is 12.3 Å². The second kappa shape index (κ2) is 5.30. The van der Waals surface area contributed by atoms with Gasteiger partial charge in [0.25, 0.3) is 0 Å². The van der Waals surface area contributed by atoms with Gasteiger partial charge in [0, 0.05) is 17.3 Å². The highest BCUT2D eigenvalue weighted by Crippen LogP contribution is 2.20. The minimum Gasteiger partial charge on any atom is -0.329 e. The molecule has 0 saturated carbocycles. The van der Waals surface area contributed by atoms with Crippen LogP contribution in [0.2, 0.25) is 0 Å². The highest BCUT2D eigenvalue weighted by atomic mass is 16.1. The summed E-state index contributed by atoms with van der Waals surface area (Å²) in [5.41, 5.74) is 2.36. The summed E-state index contributed by atoms with van der Waals surface area (Å²) in [6, 6.07) is 5.38. The van der Waals surface area contributed by atoms with Gasteiger partial charge in [-0.05, 0) is 24.6 Å². The maximum Gasteiger partial charge on any atom is 0.226 e. The van der Waals surface area contributed by atoms with Crippen molar-refractivity contribution in [2.45, 2.75) is 20.8 Å². The van der Waals surface area contributed by atoms with E-state index in [1.54, 1.807) is 12.1 Å². The standard InChI is InChI=1S/C12H16N2O2/c1-8(2)12(16)14-11-6-10(13-7-15)5-4-9(11)3/h4-8H,1-3H3,(H,13,15)(H,14,16). The first-order chi connectivity index (χ1) is 7.54. The molecular formula is C12H16N2O2. The number of hydrogen-bond acceptors (Lipinski definition) is 2. The van der Waals surface area contributed by atoms with E-state index in [1.807, 2.05) is 26.8 Å². The van der Waals surface area contributed by atoms with Crippen molar-refractivity contribution in [1.29, 1.82) is 0 Å². The molecule has 0 aromatic heterocycles. The van der Waals surface area contributed by atoms with Gasteiger partial charge in [-0.3, -0.25) is 9.59 Å². The maximum absolute atomic E-state index is 11.5. The molecule has 0 saturated heterocycles. The molecule has 2 amide bonds. The van der Waals surface area contributed by atoms with E-state index in [2.05, 4.69) is 10.6 Å². The molecule has 0 bridgehead atoms. The summed E-state index contributed by atoms with van der Waals surface area (Å²) >= 11 is 0. The summed E-state index contributed by atoms with van der Waals surface area (Å²) in [4.78, 5) is 21.8. The Kier molecular flexibility index (Phi) is 4.05. The first-order valence-corrected chi connectivity index (χ1v) is 5.16. The summed E-state index contributed by atoms with van der Waals surface area (Å²) in [6.45, 7) is 5.57. The molecule has 1 aromatic rings. The van der Waals surface area contributed by atoms with Gasteiger partial charge in [-0.15, -0.1) is 0 Å². The van der Waals surface area contributed by atoms with E-state index < -0.39 is 0 Å². The van der Waals surface area contributed by atoms with Crippen molar-refractivity contribution in [2.24, 2.45) is 5.92 Å². The van der Waals surface area contributed by atoms with E-state index in [9.17, 15) is 9.59 Å². The number of aryl methyl sites for hydroxylation is 1. The molecule has 1 aromatic carbocycles. The molecule has 0 aliphatic carbocycles. The molecular weight excluding hydrogens is 204 g/mol. The zero-order valence-electron chi connectivity index (χ0n) is 9.70. The van der Waals surface area contributed by atoms with Crippen LogP contribution in [-0.2, 0) is 9.59 Å². The quantitative estimate of drug-likeness (QED) is 0.764. The average Bonchev–Trinajstić information content (AvgIpc) is 2.23. The molecule has 0 aliphatic rings.